The fourth-order valence-electron chi connectivity index (χ4n) is 1.77. The maximum absolute atomic E-state index is 3.56. The molecule has 1 aromatic rings. The lowest BCUT2D eigenvalue weighted by Gasteiger charge is -2.24. The first-order valence-electron chi connectivity index (χ1n) is 7.02. The molecule has 0 aliphatic heterocycles. The highest BCUT2D eigenvalue weighted by Crippen LogP contribution is 2.13. The lowest BCUT2D eigenvalue weighted by Crippen LogP contribution is -2.44. The van der Waals surface area contributed by atoms with Crippen molar-refractivity contribution in [2.45, 2.75) is 45.8 Å². The number of nitrogens with zero attached hydrogens (tertiary/aromatic N) is 1. The van der Waals surface area contributed by atoms with Crippen LogP contribution in [0.15, 0.2) is 24.3 Å². The quantitative estimate of drug-likeness (QED) is 0.826. The van der Waals surface area contributed by atoms with E-state index in [2.05, 4.69) is 81.6 Å². The van der Waals surface area contributed by atoms with Crippen LogP contribution in [0.2, 0.25) is 0 Å². The molecular formula is C16H29N3. The average molecular weight is 263 g/mol. The topological polar surface area (TPSA) is 27.3 Å². The Hall–Kier alpha value is -1.06. The predicted molar refractivity (Wildman–Crippen MR) is 84.8 cm³/mol. The van der Waals surface area contributed by atoms with E-state index in [0.717, 1.165) is 13.1 Å². The molecule has 0 aliphatic rings. The average Bonchev–Trinajstić information content (AvgIpc) is 2.33. The van der Waals surface area contributed by atoms with Crippen molar-refractivity contribution in [1.82, 2.24) is 10.6 Å². The van der Waals surface area contributed by atoms with Crippen molar-refractivity contribution in [2.24, 2.45) is 0 Å². The summed E-state index contributed by atoms with van der Waals surface area (Å²) in [4.78, 5) is 2.13. The Labute approximate surface area is 118 Å². The van der Waals surface area contributed by atoms with Gasteiger partial charge in [-0.1, -0.05) is 12.1 Å². The van der Waals surface area contributed by atoms with Crippen molar-refractivity contribution in [3.05, 3.63) is 29.8 Å². The van der Waals surface area contributed by atoms with E-state index in [1.54, 1.807) is 0 Å². The van der Waals surface area contributed by atoms with Gasteiger partial charge in [0.1, 0.15) is 0 Å². The molecule has 0 aromatic heterocycles. The van der Waals surface area contributed by atoms with Crippen LogP contribution in [0.5, 0.6) is 0 Å². The molecule has 108 valence electrons. The standard InChI is InChI=1S/C16H29N3/c1-13(11-18-16(2,3)4)17-12-14-8-7-9-15(10-14)19(5)6/h7-10,13,17-18H,11-12H2,1-6H3. The Kier molecular flexibility index (Phi) is 5.83. The van der Waals surface area contributed by atoms with Crippen LogP contribution in [0.1, 0.15) is 33.3 Å². The highest BCUT2D eigenvalue weighted by molar-refractivity contribution is 5.47. The minimum Gasteiger partial charge on any atom is -0.378 e. The summed E-state index contributed by atoms with van der Waals surface area (Å²) in [6.45, 7) is 10.7. The molecule has 0 heterocycles. The highest BCUT2D eigenvalue weighted by Gasteiger charge is 2.10. The SMILES string of the molecule is CC(CNC(C)(C)C)NCc1cccc(N(C)C)c1. The second-order valence-electron chi connectivity index (χ2n) is 6.48. The summed E-state index contributed by atoms with van der Waals surface area (Å²) in [7, 11) is 4.14. The van der Waals surface area contributed by atoms with Gasteiger partial charge >= 0.3 is 0 Å². The number of benzene rings is 1. The Morgan fingerprint density at radius 2 is 1.89 bits per heavy atom. The highest BCUT2D eigenvalue weighted by atomic mass is 15.1. The minimum atomic E-state index is 0.181. The zero-order chi connectivity index (χ0) is 14.5. The molecule has 0 saturated carbocycles. The van der Waals surface area contributed by atoms with Crippen LogP contribution in [0.3, 0.4) is 0 Å². The normalized spacial score (nSPS) is 13.4. The van der Waals surface area contributed by atoms with Crippen LogP contribution in [0.4, 0.5) is 5.69 Å². The van der Waals surface area contributed by atoms with Gasteiger partial charge in [0.15, 0.2) is 0 Å². The van der Waals surface area contributed by atoms with E-state index in [0.29, 0.717) is 6.04 Å². The van der Waals surface area contributed by atoms with Crippen molar-refractivity contribution < 1.29 is 0 Å². The zero-order valence-electron chi connectivity index (χ0n) is 13.2. The van der Waals surface area contributed by atoms with Crippen molar-refractivity contribution in [2.75, 3.05) is 25.5 Å². The van der Waals surface area contributed by atoms with E-state index in [4.69, 9.17) is 0 Å². The van der Waals surface area contributed by atoms with Gasteiger partial charge in [0, 0.05) is 44.5 Å². The van der Waals surface area contributed by atoms with Gasteiger partial charge in [-0.05, 0) is 45.4 Å². The Morgan fingerprint density at radius 3 is 2.47 bits per heavy atom. The summed E-state index contributed by atoms with van der Waals surface area (Å²) in [5.41, 5.74) is 2.76. The molecule has 0 fully saturated rings. The van der Waals surface area contributed by atoms with E-state index >= 15 is 0 Å². The summed E-state index contributed by atoms with van der Waals surface area (Å²) in [6, 6.07) is 9.11. The molecule has 1 unspecified atom stereocenters. The van der Waals surface area contributed by atoms with Gasteiger partial charge < -0.3 is 15.5 Å². The first kappa shape index (κ1) is 16.0. The number of nitrogens with one attached hydrogen (secondary N) is 2. The number of anilines is 1. The molecule has 0 radical (unpaired) electrons. The van der Waals surface area contributed by atoms with Crippen molar-refractivity contribution in [3.63, 3.8) is 0 Å². The summed E-state index contributed by atoms with van der Waals surface area (Å²) >= 11 is 0. The van der Waals surface area contributed by atoms with Crippen LogP contribution in [0, 0.1) is 0 Å². The molecule has 3 heteroatoms. The van der Waals surface area contributed by atoms with Gasteiger partial charge in [0.05, 0.1) is 0 Å². The molecule has 1 aromatic carbocycles. The molecule has 0 amide bonds. The molecule has 0 aliphatic carbocycles. The number of rotatable bonds is 6. The molecule has 1 atom stereocenters. The van der Waals surface area contributed by atoms with E-state index in [9.17, 15) is 0 Å². The lowest BCUT2D eigenvalue weighted by molar-refractivity contribution is 0.387. The van der Waals surface area contributed by atoms with Crippen LogP contribution < -0.4 is 15.5 Å². The second-order valence-corrected chi connectivity index (χ2v) is 6.48. The number of hydrogen-bond acceptors (Lipinski definition) is 3. The van der Waals surface area contributed by atoms with Gasteiger partial charge in [-0.15, -0.1) is 0 Å². The Balaban J connectivity index is 2.41. The summed E-state index contributed by atoms with van der Waals surface area (Å²) in [5.74, 6) is 0. The van der Waals surface area contributed by atoms with Gasteiger partial charge in [-0.2, -0.15) is 0 Å². The smallest absolute Gasteiger partial charge is 0.0364 e. The molecule has 19 heavy (non-hydrogen) atoms. The maximum Gasteiger partial charge on any atom is 0.0364 e. The maximum atomic E-state index is 3.56. The van der Waals surface area contributed by atoms with E-state index < -0.39 is 0 Å². The van der Waals surface area contributed by atoms with Crippen molar-refractivity contribution in [1.29, 1.82) is 0 Å². The first-order valence-corrected chi connectivity index (χ1v) is 7.02. The minimum absolute atomic E-state index is 0.181. The van der Waals surface area contributed by atoms with Crippen LogP contribution in [-0.4, -0.2) is 32.2 Å². The fraction of sp³-hybridized carbons (Fsp3) is 0.625. The van der Waals surface area contributed by atoms with Gasteiger partial charge in [-0.25, -0.2) is 0 Å². The first-order chi connectivity index (χ1) is 8.78. The monoisotopic (exact) mass is 263 g/mol. The Morgan fingerprint density at radius 1 is 1.21 bits per heavy atom. The van der Waals surface area contributed by atoms with Gasteiger partial charge in [0.2, 0.25) is 0 Å². The Bertz CT molecular complexity index is 380. The molecule has 1 rings (SSSR count). The third-order valence-electron chi connectivity index (χ3n) is 3.02. The zero-order valence-corrected chi connectivity index (χ0v) is 13.2. The molecular weight excluding hydrogens is 234 g/mol. The van der Waals surface area contributed by atoms with E-state index in [1.807, 2.05) is 0 Å². The third-order valence-corrected chi connectivity index (χ3v) is 3.02. The molecule has 0 spiro atoms. The molecule has 0 bridgehead atoms. The summed E-state index contributed by atoms with van der Waals surface area (Å²) < 4.78 is 0. The van der Waals surface area contributed by atoms with E-state index in [1.165, 1.54) is 11.3 Å². The summed E-state index contributed by atoms with van der Waals surface area (Å²) in [5, 5.41) is 7.07. The largest absolute Gasteiger partial charge is 0.378 e. The molecule has 3 nitrogen and oxygen atoms in total. The number of hydrogen-bond donors (Lipinski definition) is 2. The lowest BCUT2D eigenvalue weighted by atomic mass is 10.1. The predicted octanol–water partition coefficient (Wildman–Crippen LogP) is 2.62. The van der Waals surface area contributed by atoms with Gasteiger partial charge in [-0.3, -0.25) is 0 Å². The second kappa shape index (κ2) is 6.92. The molecule has 0 saturated heterocycles. The third kappa shape index (κ3) is 6.60. The van der Waals surface area contributed by atoms with Crippen LogP contribution in [0.25, 0.3) is 0 Å². The van der Waals surface area contributed by atoms with Gasteiger partial charge in [0.25, 0.3) is 0 Å². The van der Waals surface area contributed by atoms with Crippen LogP contribution in [-0.2, 0) is 6.54 Å². The van der Waals surface area contributed by atoms with Crippen molar-refractivity contribution >= 4 is 5.69 Å². The van der Waals surface area contributed by atoms with Crippen molar-refractivity contribution in [3.8, 4) is 0 Å². The van der Waals surface area contributed by atoms with Crippen LogP contribution >= 0.6 is 0 Å². The summed E-state index contributed by atoms with van der Waals surface area (Å²) in [6.07, 6.45) is 0. The van der Waals surface area contributed by atoms with E-state index in [-0.39, 0.29) is 5.54 Å². The molecule has 2 N–H and O–H groups in total. The fourth-order valence-corrected chi connectivity index (χ4v) is 1.77.